The highest BCUT2D eigenvalue weighted by Gasteiger charge is 2.32. The number of nitrogens with one attached hydrogen (secondary N) is 1. The Morgan fingerprint density at radius 3 is 2.55 bits per heavy atom. The van der Waals surface area contributed by atoms with Crippen LogP contribution in [-0.4, -0.2) is 44.9 Å². The molecule has 2 aromatic rings. The van der Waals surface area contributed by atoms with Crippen LogP contribution in [0.25, 0.3) is 0 Å². The molecule has 1 aliphatic rings. The number of amides is 1. The van der Waals surface area contributed by atoms with Gasteiger partial charge in [0.1, 0.15) is 0 Å². The number of benzene rings is 2. The second kappa shape index (κ2) is 10.2. The first-order chi connectivity index (χ1) is 14.8. The molecule has 0 aromatic heterocycles. The van der Waals surface area contributed by atoms with E-state index < -0.39 is 15.8 Å². The maximum Gasteiger partial charge on any atom is 0.243 e. The fraction of sp³-hybridized carbons (Fsp3) is 0.435. The van der Waals surface area contributed by atoms with Crippen molar-refractivity contribution in [3.63, 3.8) is 0 Å². The Morgan fingerprint density at radius 2 is 1.87 bits per heavy atom. The van der Waals surface area contributed by atoms with Gasteiger partial charge in [0.05, 0.1) is 11.5 Å². The molecule has 0 atom stereocenters. The van der Waals surface area contributed by atoms with Crippen LogP contribution in [-0.2, 0) is 14.8 Å². The van der Waals surface area contributed by atoms with Gasteiger partial charge in [0, 0.05) is 25.6 Å². The number of piperidine rings is 1. The normalized spacial score (nSPS) is 15.6. The third-order valence-electron chi connectivity index (χ3n) is 5.49. The summed E-state index contributed by atoms with van der Waals surface area (Å²) in [5, 5.41) is 2.87. The molecular weight excluding hydrogens is 419 g/mol. The van der Waals surface area contributed by atoms with Crippen molar-refractivity contribution in [2.45, 2.75) is 38.0 Å². The lowest BCUT2D eigenvalue weighted by molar-refractivity contribution is -0.126. The fourth-order valence-electron chi connectivity index (χ4n) is 3.76. The molecule has 1 aliphatic heterocycles. The Morgan fingerprint density at radius 1 is 1.16 bits per heavy atom. The number of sulfonamides is 1. The van der Waals surface area contributed by atoms with E-state index in [0.29, 0.717) is 50.4 Å². The van der Waals surface area contributed by atoms with Gasteiger partial charge in [-0.25, -0.2) is 12.8 Å². The largest absolute Gasteiger partial charge is 0.490 e. The van der Waals surface area contributed by atoms with Gasteiger partial charge >= 0.3 is 0 Å². The van der Waals surface area contributed by atoms with Crippen molar-refractivity contribution in [3.05, 3.63) is 59.4 Å². The number of nitrogens with zero attached hydrogens (tertiary/aromatic N) is 1. The Labute approximate surface area is 183 Å². The quantitative estimate of drug-likeness (QED) is 0.628. The van der Waals surface area contributed by atoms with Crippen LogP contribution in [0.2, 0.25) is 0 Å². The van der Waals surface area contributed by atoms with E-state index in [1.165, 1.54) is 10.4 Å². The van der Waals surface area contributed by atoms with Crippen molar-refractivity contribution >= 4 is 15.9 Å². The summed E-state index contributed by atoms with van der Waals surface area (Å²) in [5.74, 6) is -0.493. The zero-order valence-corrected chi connectivity index (χ0v) is 18.8. The Kier molecular flexibility index (Phi) is 7.67. The number of halogens is 1. The molecule has 1 N–H and O–H groups in total. The Hall–Kier alpha value is -2.45. The van der Waals surface area contributed by atoms with E-state index in [9.17, 15) is 17.6 Å². The maximum atomic E-state index is 13.5. The molecule has 31 heavy (non-hydrogen) atoms. The molecule has 0 aliphatic carbocycles. The molecule has 6 nitrogen and oxygen atoms in total. The number of para-hydroxylation sites is 1. The SMILES string of the molecule is Cc1ccc(S(=O)(=O)N2CCC(C(=O)NCCCOc3ccccc3F)CC2)c(C)c1. The number of ether oxygens (including phenoxy) is 1. The number of carbonyl (C=O) groups is 1. The molecule has 0 radical (unpaired) electrons. The van der Waals surface area contributed by atoms with Crippen molar-refractivity contribution < 1.29 is 22.3 Å². The van der Waals surface area contributed by atoms with Crippen molar-refractivity contribution in [2.24, 2.45) is 5.92 Å². The van der Waals surface area contributed by atoms with Crippen LogP contribution in [0, 0.1) is 25.6 Å². The first-order valence-corrected chi connectivity index (χ1v) is 12.0. The molecule has 3 rings (SSSR count). The summed E-state index contributed by atoms with van der Waals surface area (Å²) < 4.78 is 46.3. The molecule has 2 aromatic carbocycles. The molecule has 1 saturated heterocycles. The van der Waals surface area contributed by atoms with Gasteiger partial charge in [0.25, 0.3) is 0 Å². The zero-order valence-electron chi connectivity index (χ0n) is 17.9. The second-order valence-corrected chi connectivity index (χ2v) is 9.78. The van der Waals surface area contributed by atoms with E-state index in [2.05, 4.69) is 5.32 Å². The van der Waals surface area contributed by atoms with Crippen molar-refractivity contribution in [1.29, 1.82) is 0 Å². The second-order valence-electron chi connectivity index (χ2n) is 7.87. The highest BCUT2D eigenvalue weighted by atomic mass is 32.2. The molecule has 0 unspecified atom stereocenters. The number of aryl methyl sites for hydroxylation is 2. The van der Waals surface area contributed by atoms with Gasteiger partial charge in [0.2, 0.25) is 15.9 Å². The highest BCUT2D eigenvalue weighted by Crippen LogP contribution is 2.26. The lowest BCUT2D eigenvalue weighted by atomic mass is 9.97. The van der Waals surface area contributed by atoms with Crippen LogP contribution in [0.3, 0.4) is 0 Å². The third kappa shape index (κ3) is 5.83. The van der Waals surface area contributed by atoms with E-state index in [-0.39, 0.29) is 17.6 Å². The van der Waals surface area contributed by atoms with Crippen LogP contribution in [0.15, 0.2) is 47.4 Å². The summed E-state index contributed by atoms with van der Waals surface area (Å²) in [6, 6.07) is 11.5. The molecule has 1 heterocycles. The van der Waals surface area contributed by atoms with Gasteiger partial charge < -0.3 is 10.1 Å². The van der Waals surface area contributed by atoms with Gasteiger partial charge in [0.15, 0.2) is 11.6 Å². The van der Waals surface area contributed by atoms with Crippen molar-refractivity contribution in [3.8, 4) is 5.75 Å². The summed E-state index contributed by atoms with van der Waals surface area (Å²) in [6.07, 6.45) is 1.53. The van der Waals surface area contributed by atoms with Crippen molar-refractivity contribution in [1.82, 2.24) is 9.62 Å². The Bertz CT molecular complexity index is 1020. The molecule has 0 bridgehead atoms. The summed E-state index contributed by atoms with van der Waals surface area (Å²) in [7, 11) is -3.56. The van der Waals surface area contributed by atoms with Gasteiger partial charge in [-0.3, -0.25) is 4.79 Å². The summed E-state index contributed by atoms with van der Waals surface area (Å²) in [6.45, 7) is 5.10. The monoisotopic (exact) mass is 448 g/mol. The summed E-state index contributed by atoms with van der Waals surface area (Å²) in [4.78, 5) is 12.8. The molecular formula is C23H29FN2O4S. The summed E-state index contributed by atoms with van der Waals surface area (Å²) in [5.41, 5.74) is 1.75. The lowest BCUT2D eigenvalue weighted by Crippen LogP contribution is -2.43. The average Bonchev–Trinajstić information content (AvgIpc) is 2.74. The highest BCUT2D eigenvalue weighted by molar-refractivity contribution is 7.89. The van der Waals surface area contributed by atoms with E-state index in [4.69, 9.17) is 4.74 Å². The Balaban J connectivity index is 1.42. The molecule has 0 spiro atoms. The molecule has 1 fully saturated rings. The van der Waals surface area contributed by atoms with E-state index in [0.717, 1.165) is 11.1 Å². The minimum atomic E-state index is -3.56. The minimum absolute atomic E-state index is 0.0746. The van der Waals surface area contributed by atoms with Gasteiger partial charge in [-0.1, -0.05) is 29.8 Å². The molecule has 168 valence electrons. The number of carbonyl (C=O) groups excluding carboxylic acids is 1. The average molecular weight is 449 g/mol. The maximum absolute atomic E-state index is 13.5. The number of rotatable bonds is 8. The predicted molar refractivity (Wildman–Crippen MR) is 117 cm³/mol. The molecule has 8 heteroatoms. The third-order valence-corrected chi connectivity index (χ3v) is 7.55. The first-order valence-electron chi connectivity index (χ1n) is 10.5. The zero-order chi connectivity index (χ0) is 22.4. The summed E-state index contributed by atoms with van der Waals surface area (Å²) >= 11 is 0. The topological polar surface area (TPSA) is 75.7 Å². The first kappa shape index (κ1) is 23.2. The van der Waals surface area contributed by atoms with Gasteiger partial charge in [-0.05, 0) is 56.9 Å². The smallest absolute Gasteiger partial charge is 0.243 e. The fourth-order valence-corrected chi connectivity index (χ4v) is 5.43. The lowest BCUT2D eigenvalue weighted by Gasteiger charge is -2.31. The standard InChI is InChI=1S/C23H29FN2O4S/c1-17-8-9-22(18(2)16-17)31(28,29)26-13-10-19(11-14-26)23(27)25-12-5-15-30-21-7-4-3-6-20(21)24/h3-4,6-9,16,19H,5,10-15H2,1-2H3,(H,25,27). The van der Waals surface area contributed by atoms with E-state index in [1.807, 2.05) is 13.0 Å². The van der Waals surface area contributed by atoms with Gasteiger partial charge in [-0.2, -0.15) is 4.31 Å². The predicted octanol–water partition coefficient (Wildman–Crippen LogP) is 3.43. The van der Waals surface area contributed by atoms with E-state index >= 15 is 0 Å². The molecule has 1 amide bonds. The van der Waals surface area contributed by atoms with Crippen molar-refractivity contribution in [2.75, 3.05) is 26.2 Å². The number of hydrogen-bond acceptors (Lipinski definition) is 4. The molecule has 0 saturated carbocycles. The van der Waals surface area contributed by atoms with E-state index in [1.54, 1.807) is 37.3 Å². The van der Waals surface area contributed by atoms with Crippen LogP contribution in [0.4, 0.5) is 4.39 Å². The number of hydrogen-bond donors (Lipinski definition) is 1. The minimum Gasteiger partial charge on any atom is -0.490 e. The van der Waals surface area contributed by atoms with Crippen LogP contribution in [0.5, 0.6) is 5.75 Å². The van der Waals surface area contributed by atoms with Crippen LogP contribution < -0.4 is 10.1 Å². The van der Waals surface area contributed by atoms with Crippen LogP contribution >= 0.6 is 0 Å². The van der Waals surface area contributed by atoms with Gasteiger partial charge in [-0.15, -0.1) is 0 Å². The van der Waals surface area contributed by atoms with Crippen LogP contribution in [0.1, 0.15) is 30.4 Å².